The summed E-state index contributed by atoms with van der Waals surface area (Å²) in [7, 11) is 3.38. The molecular weight excluding hydrogens is 510 g/mol. The van der Waals surface area contributed by atoms with E-state index in [1.165, 1.54) is 5.56 Å². The molecule has 0 bridgehead atoms. The third-order valence-corrected chi connectivity index (χ3v) is 8.87. The zero-order valence-corrected chi connectivity index (χ0v) is 25.0. The van der Waals surface area contributed by atoms with Gasteiger partial charge >= 0.3 is 0 Å². The molecule has 2 heterocycles. The summed E-state index contributed by atoms with van der Waals surface area (Å²) in [6.45, 7) is 8.23. The molecule has 1 N–H and O–H groups in total. The van der Waals surface area contributed by atoms with Crippen LogP contribution in [-0.4, -0.2) is 68.2 Å². The van der Waals surface area contributed by atoms with Crippen molar-refractivity contribution in [3.8, 4) is 11.5 Å². The second kappa shape index (κ2) is 13.5. The topological polar surface area (TPSA) is 54.0 Å². The van der Waals surface area contributed by atoms with Crippen LogP contribution in [0.15, 0.2) is 78.9 Å². The third-order valence-electron chi connectivity index (χ3n) is 8.87. The predicted octanol–water partition coefficient (Wildman–Crippen LogP) is 5.89. The maximum absolute atomic E-state index is 13.9. The molecule has 2 saturated heterocycles. The van der Waals surface area contributed by atoms with Gasteiger partial charge in [0.05, 0.1) is 14.2 Å². The van der Waals surface area contributed by atoms with Crippen LogP contribution in [0.5, 0.6) is 11.5 Å². The number of piperidine rings is 1. The lowest BCUT2D eigenvalue weighted by Crippen LogP contribution is -2.56. The van der Waals surface area contributed by atoms with Gasteiger partial charge in [-0.3, -0.25) is 9.69 Å². The molecule has 41 heavy (non-hydrogen) atoms. The third kappa shape index (κ3) is 6.77. The van der Waals surface area contributed by atoms with Crippen molar-refractivity contribution in [2.24, 2.45) is 5.92 Å². The van der Waals surface area contributed by atoms with Gasteiger partial charge in [0, 0.05) is 67.8 Å². The number of hydrogen-bond donors (Lipinski definition) is 1. The molecule has 2 aliphatic heterocycles. The minimum atomic E-state index is -0.159. The Morgan fingerprint density at radius 1 is 0.805 bits per heavy atom. The lowest BCUT2D eigenvalue weighted by Gasteiger charge is -2.46. The molecule has 6 nitrogen and oxygen atoms in total. The number of benzene rings is 3. The van der Waals surface area contributed by atoms with E-state index in [0.717, 1.165) is 61.6 Å². The Labute approximate surface area is 245 Å². The molecule has 0 spiro atoms. The average molecular weight is 556 g/mol. The summed E-state index contributed by atoms with van der Waals surface area (Å²) in [5, 5.41) is 3.69. The normalized spacial score (nSPS) is 21.0. The molecule has 3 aromatic rings. The van der Waals surface area contributed by atoms with Gasteiger partial charge in [-0.25, -0.2) is 0 Å². The van der Waals surface area contributed by atoms with Gasteiger partial charge < -0.3 is 19.7 Å². The highest BCUT2D eigenvalue weighted by atomic mass is 16.5. The zero-order valence-electron chi connectivity index (χ0n) is 25.0. The van der Waals surface area contributed by atoms with Crippen molar-refractivity contribution in [1.82, 2.24) is 15.1 Å². The van der Waals surface area contributed by atoms with Crippen LogP contribution in [0.1, 0.15) is 61.8 Å². The summed E-state index contributed by atoms with van der Waals surface area (Å²) in [4.78, 5) is 18.7. The highest BCUT2D eigenvalue weighted by molar-refractivity contribution is 5.78. The first-order chi connectivity index (χ1) is 20.0. The number of rotatable bonds is 9. The van der Waals surface area contributed by atoms with Crippen molar-refractivity contribution < 1.29 is 14.3 Å². The molecule has 2 fully saturated rings. The second-order valence-electron chi connectivity index (χ2n) is 11.7. The number of piperazine rings is 1. The number of ether oxygens (including phenoxy) is 2. The second-order valence-corrected chi connectivity index (χ2v) is 11.7. The molecule has 0 saturated carbocycles. The van der Waals surface area contributed by atoms with Crippen LogP contribution in [0.2, 0.25) is 0 Å². The Bertz CT molecular complexity index is 1220. The molecule has 2 aliphatic rings. The standard InChI is InChI=1S/C35H45N3O3/c1-25-23-38(24-26(2)36-25)35(27-12-6-5-7-13-27)28-18-20-37(21-19-28)34(39)22-31(29-14-8-10-16-32(29)40-3)30-15-9-11-17-33(30)41-4/h5-17,25-26,28,31,35-36H,18-24H2,1-4H3. The van der Waals surface area contributed by atoms with Crippen molar-refractivity contribution in [3.63, 3.8) is 0 Å². The molecule has 218 valence electrons. The van der Waals surface area contributed by atoms with Gasteiger partial charge in [0.1, 0.15) is 11.5 Å². The lowest BCUT2D eigenvalue weighted by atomic mass is 9.82. The molecule has 1 amide bonds. The first kappa shape index (κ1) is 29.2. The van der Waals surface area contributed by atoms with E-state index in [1.54, 1.807) is 14.2 Å². The minimum Gasteiger partial charge on any atom is -0.496 e. The number of nitrogens with one attached hydrogen (secondary N) is 1. The molecule has 0 radical (unpaired) electrons. The number of nitrogens with zero attached hydrogens (tertiary/aromatic N) is 2. The number of hydrogen-bond acceptors (Lipinski definition) is 5. The summed E-state index contributed by atoms with van der Waals surface area (Å²) in [5.74, 6) is 2.12. The van der Waals surface area contributed by atoms with Crippen LogP contribution in [0.3, 0.4) is 0 Å². The Kier molecular flexibility index (Phi) is 9.63. The monoisotopic (exact) mass is 555 g/mol. The van der Waals surface area contributed by atoms with E-state index in [-0.39, 0.29) is 11.8 Å². The molecule has 0 aliphatic carbocycles. The van der Waals surface area contributed by atoms with Crippen LogP contribution < -0.4 is 14.8 Å². The Morgan fingerprint density at radius 3 is 1.85 bits per heavy atom. The van der Waals surface area contributed by atoms with E-state index in [4.69, 9.17) is 9.47 Å². The van der Waals surface area contributed by atoms with Crippen LogP contribution in [-0.2, 0) is 4.79 Å². The fourth-order valence-corrected chi connectivity index (χ4v) is 7.09. The average Bonchev–Trinajstić information content (AvgIpc) is 3.00. The van der Waals surface area contributed by atoms with Crippen LogP contribution in [0.4, 0.5) is 0 Å². The SMILES string of the molecule is COc1ccccc1C(CC(=O)N1CCC(C(c2ccccc2)N2CC(C)NC(C)C2)CC1)c1ccccc1OC. The van der Waals surface area contributed by atoms with Crippen LogP contribution >= 0.6 is 0 Å². The summed E-state index contributed by atoms with van der Waals surface area (Å²) < 4.78 is 11.5. The number of amides is 1. The molecule has 3 aromatic carbocycles. The minimum absolute atomic E-state index is 0.159. The summed E-state index contributed by atoms with van der Waals surface area (Å²) in [5.41, 5.74) is 3.41. The lowest BCUT2D eigenvalue weighted by molar-refractivity contribution is -0.133. The van der Waals surface area contributed by atoms with E-state index in [9.17, 15) is 4.79 Å². The quantitative estimate of drug-likeness (QED) is 0.357. The van der Waals surface area contributed by atoms with Gasteiger partial charge in [0.2, 0.25) is 5.91 Å². The fraction of sp³-hybridized carbons (Fsp3) is 0.457. The van der Waals surface area contributed by atoms with Crippen molar-refractivity contribution >= 4 is 5.91 Å². The molecular formula is C35H45N3O3. The van der Waals surface area contributed by atoms with Gasteiger partial charge in [0.25, 0.3) is 0 Å². The highest BCUT2D eigenvalue weighted by Crippen LogP contribution is 2.40. The maximum Gasteiger partial charge on any atom is 0.223 e. The maximum atomic E-state index is 13.9. The molecule has 3 unspecified atom stereocenters. The van der Waals surface area contributed by atoms with Crippen LogP contribution in [0, 0.1) is 5.92 Å². The van der Waals surface area contributed by atoms with Gasteiger partial charge in [0.15, 0.2) is 0 Å². The van der Waals surface area contributed by atoms with Crippen molar-refractivity contribution in [3.05, 3.63) is 95.6 Å². The largest absolute Gasteiger partial charge is 0.496 e. The van der Waals surface area contributed by atoms with E-state index < -0.39 is 0 Å². The molecule has 0 aromatic heterocycles. The Hall–Kier alpha value is -3.35. The predicted molar refractivity (Wildman–Crippen MR) is 165 cm³/mol. The first-order valence-corrected chi connectivity index (χ1v) is 15.1. The van der Waals surface area contributed by atoms with E-state index in [2.05, 4.69) is 71.4 Å². The van der Waals surface area contributed by atoms with Crippen molar-refractivity contribution in [2.75, 3.05) is 40.4 Å². The Morgan fingerprint density at radius 2 is 1.32 bits per heavy atom. The first-order valence-electron chi connectivity index (χ1n) is 15.1. The summed E-state index contributed by atoms with van der Waals surface area (Å²) in [6, 6.07) is 28.3. The smallest absolute Gasteiger partial charge is 0.223 e. The van der Waals surface area contributed by atoms with Crippen molar-refractivity contribution in [1.29, 1.82) is 0 Å². The van der Waals surface area contributed by atoms with E-state index in [0.29, 0.717) is 30.5 Å². The fourth-order valence-electron chi connectivity index (χ4n) is 7.09. The number of likely N-dealkylation sites (tertiary alicyclic amines) is 1. The number of carbonyl (C=O) groups is 1. The number of para-hydroxylation sites is 2. The molecule has 6 heteroatoms. The molecule has 5 rings (SSSR count). The van der Waals surface area contributed by atoms with Gasteiger partial charge in [-0.2, -0.15) is 0 Å². The summed E-state index contributed by atoms with van der Waals surface area (Å²) in [6.07, 6.45) is 2.39. The zero-order chi connectivity index (χ0) is 28.8. The van der Waals surface area contributed by atoms with Gasteiger partial charge in [-0.15, -0.1) is 0 Å². The number of carbonyl (C=O) groups excluding carboxylic acids is 1. The summed E-state index contributed by atoms with van der Waals surface area (Å²) >= 11 is 0. The van der Waals surface area contributed by atoms with Crippen LogP contribution in [0.25, 0.3) is 0 Å². The number of methoxy groups -OCH3 is 2. The Balaban J connectivity index is 1.33. The van der Waals surface area contributed by atoms with E-state index in [1.807, 2.05) is 36.4 Å². The van der Waals surface area contributed by atoms with Gasteiger partial charge in [-0.1, -0.05) is 66.7 Å². The van der Waals surface area contributed by atoms with Crippen molar-refractivity contribution in [2.45, 2.75) is 57.2 Å². The molecule has 3 atom stereocenters. The highest BCUT2D eigenvalue weighted by Gasteiger charge is 2.36. The van der Waals surface area contributed by atoms with E-state index >= 15 is 0 Å². The van der Waals surface area contributed by atoms with Gasteiger partial charge in [-0.05, 0) is 50.3 Å².